The van der Waals surface area contributed by atoms with Gasteiger partial charge in [-0.3, -0.25) is 24.6 Å². The topological polar surface area (TPSA) is 145 Å². The number of Topliss-reactive ketones (excluding diaryl/α,β-unsaturated/α-hetero) is 1. The zero-order valence-corrected chi connectivity index (χ0v) is 17.9. The minimum absolute atomic E-state index is 0.108. The van der Waals surface area contributed by atoms with Crippen molar-refractivity contribution in [1.82, 2.24) is 0 Å². The third-order valence-electron chi connectivity index (χ3n) is 5.33. The molecule has 3 aromatic rings. The minimum Gasteiger partial charge on any atom is -0.507 e. The highest BCUT2D eigenvalue weighted by atomic mass is 35.5. The molecule has 0 aromatic heterocycles. The summed E-state index contributed by atoms with van der Waals surface area (Å²) in [6, 6.07) is 15.9. The maximum Gasteiger partial charge on any atom is 0.311 e. The van der Waals surface area contributed by atoms with Crippen molar-refractivity contribution in [2.24, 2.45) is 0 Å². The summed E-state index contributed by atoms with van der Waals surface area (Å²) in [7, 11) is 0. The summed E-state index contributed by atoms with van der Waals surface area (Å²) in [6.07, 6.45) is 0. The molecule has 10 heteroatoms. The van der Waals surface area contributed by atoms with E-state index in [1.54, 1.807) is 12.1 Å². The summed E-state index contributed by atoms with van der Waals surface area (Å²) in [5, 5.41) is 41.7. The van der Waals surface area contributed by atoms with Crippen LogP contribution in [-0.2, 0) is 9.59 Å². The average Bonchev–Trinajstić information content (AvgIpc) is 3.09. The first-order valence-corrected chi connectivity index (χ1v) is 10.1. The fourth-order valence-electron chi connectivity index (χ4n) is 3.76. The van der Waals surface area contributed by atoms with E-state index in [1.807, 2.05) is 6.07 Å². The van der Waals surface area contributed by atoms with E-state index in [1.165, 1.54) is 42.5 Å². The van der Waals surface area contributed by atoms with Crippen molar-refractivity contribution >= 4 is 40.4 Å². The molecule has 1 aliphatic rings. The molecule has 34 heavy (non-hydrogen) atoms. The molecule has 3 aromatic carbocycles. The summed E-state index contributed by atoms with van der Waals surface area (Å²) in [6.45, 7) is 0. The molecule has 2 N–H and O–H groups in total. The molecule has 1 fully saturated rings. The number of halogens is 1. The van der Waals surface area contributed by atoms with E-state index in [-0.39, 0.29) is 27.4 Å². The molecule has 0 bridgehead atoms. The largest absolute Gasteiger partial charge is 0.507 e. The van der Waals surface area contributed by atoms with Crippen LogP contribution in [-0.4, -0.2) is 26.8 Å². The number of aliphatic hydroxyl groups excluding tert-OH is 1. The van der Waals surface area contributed by atoms with Crippen LogP contribution in [0.4, 0.5) is 11.4 Å². The van der Waals surface area contributed by atoms with E-state index in [9.17, 15) is 29.9 Å². The highest BCUT2D eigenvalue weighted by Crippen LogP contribution is 2.44. The van der Waals surface area contributed by atoms with E-state index in [0.29, 0.717) is 5.56 Å². The Morgan fingerprint density at radius 1 is 1.09 bits per heavy atom. The van der Waals surface area contributed by atoms with Crippen LogP contribution in [0.25, 0.3) is 5.76 Å². The molecule has 1 amide bonds. The molecule has 1 saturated heterocycles. The third kappa shape index (κ3) is 3.83. The van der Waals surface area contributed by atoms with Gasteiger partial charge in [-0.25, -0.2) is 0 Å². The number of anilines is 1. The Hall–Kier alpha value is -4.68. The number of phenolic OH excluding ortho intramolecular Hbond substituents is 1. The van der Waals surface area contributed by atoms with Gasteiger partial charge >= 0.3 is 5.69 Å². The molecular formula is C24H14ClN3O6. The molecule has 0 radical (unpaired) electrons. The molecule has 1 unspecified atom stereocenters. The van der Waals surface area contributed by atoms with E-state index >= 15 is 0 Å². The first-order valence-electron chi connectivity index (χ1n) is 9.77. The van der Waals surface area contributed by atoms with Crippen molar-refractivity contribution in [3.8, 4) is 11.8 Å². The number of nitriles is 1. The predicted molar refractivity (Wildman–Crippen MR) is 122 cm³/mol. The Morgan fingerprint density at radius 3 is 2.41 bits per heavy atom. The van der Waals surface area contributed by atoms with Crippen molar-refractivity contribution in [1.29, 1.82) is 5.26 Å². The lowest BCUT2D eigenvalue weighted by molar-refractivity contribution is -0.385. The lowest BCUT2D eigenvalue weighted by Crippen LogP contribution is -2.29. The second kappa shape index (κ2) is 8.69. The Kier molecular flexibility index (Phi) is 5.75. The molecule has 0 spiro atoms. The number of carbonyl (C=O) groups is 2. The van der Waals surface area contributed by atoms with E-state index in [2.05, 4.69) is 0 Å². The molecule has 1 heterocycles. The number of rotatable bonds is 4. The van der Waals surface area contributed by atoms with Gasteiger partial charge in [0, 0.05) is 22.3 Å². The number of amides is 1. The van der Waals surface area contributed by atoms with Crippen LogP contribution in [0.5, 0.6) is 5.75 Å². The fraction of sp³-hybridized carbons (Fsp3) is 0.0417. The second-order valence-corrected chi connectivity index (χ2v) is 7.78. The van der Waals surface area contributed by atoms with Crippen LogP contribution in [0.2, 0.25) is 5.02 Å². The monoisotopic (exact) mass is 475 g/mol. The summed E-state index contributed by atoms with van der Waals surface area (Å²) < 4.78 is 0. The van der Waals surface area contributed by atoms with Gasteiger partial charge in [-0.1, -0.05) is 29.8 Å². The maximum atomic E-state index is 13.1. The highest BCUT2D eigenvalue weighted by molar-refractivity contribution is 6.51. The maximum absolute atomic E-state index is 13.1. The zero-order chi connectivity index (χ0) is 24.6. The fourth-order valence-corrected chi connectivity index (χ4v) is 3.95. The lowest BCUT2D eigenvalue weighted by atomic mass is 9.94. The van der Waals surface area contributed by atoms with Gasteiger partial charge in [0.05, 0.1) is 28.2 Å². The molecule has 168 valence electrons. The molecule has 1 atom stereocenters. The van der Waals surface area contributed by atoms with Gasteiger partial charge in [-0.15, -0.1) is 0 Å². The van der Waals surface area contributed by atoms with Crippen molar-refractivity contribution in [2.75, 3.05) is 4.90 Å². The number of hydrogen-bond acceptors (Lipinski definition) is 7. The van der Waals surface area contributed by atoms with Crippen molar-refractivity contribution < 1.29 is 24.7 Å². The molecule has 1 aliphatic heterocycles. The van der Waals surface area contributed by atoms with Gasteiger partial charge < -0.3 is 10.2 Å². The summed E-state index contributed by atoms with van der Waals surface area (Å²) in [5.41, 5.74) is -0.120. The van der Waals surface area contributed by atoms with Gasteiger partial charge in [0.1, 0.15) is 5.76 Å². The zero-order valence-electron chi connectivity index (χ0n) is 17.2. The summed E-state index contributed by atoms with van der Waals surface area (Å²) >= 11 is 6.02. The Labute approximate surface area is 197 Å². The Bertz CT molecular complexity index is 1430. The molecule has 0 saturated carbocycles. The number of phenols is 1. The summed E-state index contributed by atoms with van der Waals surface area (Å²) in [4.78, 5) is 37.9. The molecular weight excluding hydrogens is 462 g/mol. The predicted octanol–water partition coefficient (Wildman–Crippen LogP) is 4.45. The number of benzene rings is 3. The van der Waals surface area contributed by atoms with Crippen LogP contribution in [0.3, 0.4) is 0 Å². The SMILES string of the molecule is N#Cc1ccc(N2C(=O)C(=O)/C(=C(\O)c3cccc(Cl)c3)C2c2ccc(O)c([N+](=O)[O-])c2)cc1. The van der Waals surface area contributed by atoms with Gasteiger partial charge in [0.2, 0.25) is 0 Å². The number of aromatic hydroxyl groups is 1. The van der Waals surface area contributed by atoms with Crippen molar-refractivity contribution in [2.45, 2.75) is 6.04 Å². The number of nitrogens with zero attached hydrogens (tertiary/aromatic N) is 3. The molecule has 4 rings (SSSR count). The van der Waals surface area contributed by atoms with E-state index in [4.69, 9.17) is 16.9 Å². The van der Waals surface area contributed by atoms with Gasteiger partial charge in [-0.2, -0.15) is 5.26 Å². The smallest absolute Gasteiger partial charge is 0.311 e. The third-order valence-corrected chi connectivity index (χ3v) is 5.56. The number of hydrogen-bond donors (Lipinski definition) is 2. The number of nitro groups is 1. The number of ketones is 1. The Balaban J connectivity index is 1.99. The van der Waals surface area contributed by atoms with Gasteiger partial charge in [-0.05, 0) is 48.0 Å². The standard InChI is InChI=1S/C24H14ClN3O6/c25-16-3-1-2-15(10-16)22(30)20-21(14-6-9-19(29)18(11-14)28(33)34)27(24(32)23(20)31)17-7-4-13(12-26)5-8-17/h1-11,21,29-30H/b22-20-. The molecule has 9 nitrogen and oxygen atoms in total. The lowest BCUT2D eigenvalue weighted by Gasteiger charge is -2.25. The van der Waals surface area contributed by atoms with Crippen LogP contribution in [0.1, 0.15) is 22.7 Å². The number of nitro benzene ring substituents is 1. The number of carbonyl (C=O) groups excluding carboxylic acids is 2. The average molecular weight is 476 g/mol. The highest BCUT2D eigenvalue weighted by Gasteiger charge is 2.47. The quantitative estimate of drug-likeness (QED) is 0.186. The van der Waals surface area contributed by atoms with Crippen molar-refractivity contribution in [3.05, 3.63) is 104 Å². The van der Waals surface area contributed by atoms with Crippen LogP contribution < -0.4 is 4.90 Å². The van der Waals surface area contributed by atoms with E-state index < -0.39 is 39.9 Å². The van der Waals surface area contributed by atoms with Gasteiger partial charge in [0.25, 0.3) is 11.7 Å². The minimum atomic E-state index is -1.26. The molecule has 0 aliphatic carbocycles. The van der Waals surface area contributed by atoms with Crippen LogP contribution in [0, 0.1) is 21.4 Å². The first kappa shape index (κ1) is 22.5. The number of aliphatic hydroxyl groups is 1. The summed E-state index contributed by atoms with van der Waals surface area (Å²) in [5.74, 6) is -3.10. The van der Waals surface area contributed by atoms with Crippen LogP contribution in [0.15, 0.2) is 72.3 Å². The van der Waals surface area contributed by atoms with E-state index in [0.717, 1.165) is 17.0 Å². The Morgan fingerprint density at radius 2 is 1.79 bits per heavy atom. The second-order valence-electron chi connectivity index (χ2n) is 7.34. The van der Waals surface area contributed by atoms with Crippen molar-refractivity contribution in [3.63, 3.8) is 0 Å². The van der Waals surface area contributed by atoms with Gasteiger partial charge in [0.15, 0.2) is 5.75 Å². The first-order chi connectivity index (χ1) is 16.2. The van der Waals surface area contributed by atoms with Crippen LogP contribution >= 0.6 is 11.6 Å². The normalized spacial score (nSPS) is 16.9.